The van der Waals surface area contributed by atoms with Crippen molar-refractivity contribution in [1.82, 2.24) is 10.3 Å². The first-order chi connectivity index (χ1) is 8.24. The van der Waals surface area contributed by atoms with E-state index >= 15 is 0 Å². The van der Waals surface area contributed by atoms with Crippen LogP contribution in [-0.4, -0.2) is 12.0 Å². The van der Waals surface area contributed by atoms with E-state index in [0.717, 1.165) is 16.1 Å². The molecule has 0 saturated carbocycles. The molecule has 1 aromatic heterocycles. The van der Waals surface area contributed by atoms with Crippen molar-refractivity contribution in [2.75, 3.05) is 12.8 Å². The van der Waals surface area contributed by atoms with Crippen molar-refractivity contribution in [2.24, 2.45) is 0 Å². The van der Waals surface area contributed by atoms with Gasteiger partial charge in [-0.15, -0.1) is 0 Å². The molecular formula is C13H14ClN3. The molecule has 2 aromatic rings. The number of rotatable bonds is 3. The molecule has 1 heterocycles. The minimum absolute atomic E-state index is 0.0441. The lowest BCUT2D eigenvalue weighted by molar-refractivity contribution is 0.691. The Bertz CT molecular complexity index is 468. The molecular weight excluding hydrogens is 234 g/mol. The predicted molar refractivity (Wildman–Crippen MR) is 71.0 cm³/mol. The van der Waals surface area contributed by atoms with Crippen molar-refractivity contribution in [3.8, 4) is 0 Å². The molecule has 4 heteroatoms. The fourth-order valence-electron chi connectivity index (χ4n) is 1.86. The molecule has 0 aliphatic carbocycles. The molecule has 17 heavy (non-hydrogen) atoms. The smallest absolute Gasteiger partial charge is 0.128 e. The maximum Gasteiger partial charge on any atom is 0.128 e. The number of halogens is 1. The first kappa shape index (κ1) is 11.9. The van der Waals surface area contributed by atoms with Crippen molar-refractivity contribution in [1.29, 1.82) is 0 Å². The number of hydrogen-bond acceptors (Lipinski definition) is 3. The number of anilines is 1. The van der Waals surface area contributed by atoms with Crippen LogP contribution in [0.1, 0.15) is 17.2 Å². The first-order valence-electron chi connectivity index (χ1n) is 5.36. The standard InChI is InChI=1S/C13H14ClN3/c1-16-12(9-5-2-3-7-11(9)14)10-6-4-8-17-13(10)15/h2-8,12,16H,1H3,(H2,15,17). The molecule has 1 aromatic carbocycles. The van der Waals surface area contributed by atoms with Crippen LogP contribution in [0.5, 0.6) is 0 Å². The van der Waals surface area contributed by atoms with E-state index in [9.17, 15) is 0 Å². The Morgan fingerprint density at radius 2 is 1.88 bits per heavy atom. The molecule has 0 saturated heterocycles. The predicted octanol–water partition coefficient (Wildman–Crippen LogP) is 2.63. The molecule has 0 radical (unpaired) electrons. The van der Waals surface area contributed by atoms with Crippen LogP contribution in [0.2, 0.25) is 5.02 Å². The molecule has 88 valence electrons. The van der Waals surface area contributed by atoms with Crippen LogP contribution in [-0.2, 0) is 0 Å². The summed E-state index contributed by atoms with van der Waals surface area (Å²) in [6.45, 7) is 0. The van der Waals surface area contributed by atoms with Gasteiger partial charge in [-0.25, -0.2) is 4.98 Å². The summed E-state index contributed by atoms with van der Waals surface area (Å²) in [7, 11) is 1.88. The lowest BCUT2D eigenvalue weighted by atomic mass is 9.99. The van der Waals surface area contributed by atoms with Gasteiger partial charge < -0.3 is 11.1 Å². The van der Waals surface area contributed by atoms with Gasteiger partial charge in [-0.3, -0.25) is 0 Å². The molecule has 0 bridgehead atoms. The molecule has 0 aliphatic heterocycles. The minimum Gasteiger partial charge on any atom is -0.383 e. The highest BCUT2D eigenvalue weighted by atomic mass is 35.5. The number of hydrogen-bond donors (Lipinski definition) is 2. The summed E-state index contributed by atoms with van der Waals surface area (Å²) in [5.74, 6) is 0.520. The highest BCUT2D eigenvalue weighted by molar-refractivity contribution is 6.31. The number of aromatic nitrogens is 1. The molecule has 0 spiro atoms. The maximum absolute atomic E-state index is 6.20. The van der Waals surface area contributed by atoms with E-state index in [-0.39, 0.29) is 6.04 Å². The molecule has 3 nitrogen and oxygen atoms in total. The number of nitrogens with one attached hydrogen (secondary N) is 1. The molecule has 0 amide bonds. The van der Waals surface area contributed by atoms with Gasteiger partial charge in [-0.1, -0.05) is 35.9 Å². The van der Waals surface area contributed by atoms with Crippen molar-refractivity contribution < 1.29 is 0 Å². The topological polar surface area (TPSA) is 50.9 Å². The maximum atomic E-state index is 6.20. The molecule has 1 unspecified atom stereocenters. The van der Waals surface area contributed by atoms with Gasteiger partial charge in [0.05, 0.1) is 6.04 Å². The van der Waals surface area contributed by atoms with Crippen LogP contribution in [0.4, 0.5) is 5.82 Å². The zero-order valence-electron chi connectivity index (χ0n) is 9.52. The zero-order valence-corrected chi connectivity index (χ0v) is 10.3. The van der Waals surface area contributed by atoms with Crippen molar-refractivity contribution in [3.05, 3.63) is 58.7 Å². The van der Waals surface area contributed by atoms with Gasteiger partial charge in [0.25, 0.3) is 0 Å². The van der Waals surface area contributed by atoms with Crippen LogP contribution < -0.4 is 11.1 Å². The molecule has 2 rings (SSSR count). The second kappa shape index (κ2) is 5.17. The summed E-state index contributed by atoms with van der Waals surface area (Å²) in [6.07, 6.45) is 1.68. The third-order valence-corrected chi connectivity index (χ3v) is 3.03. The van der Waals surface area contributed by atoms with Gasteiger partial charge in [-0.05, 0) is 24.7 Å². The van der Waals surface area contributed by atoms with E-state index in [1.165, 1.54) is 0 Å². The van der Waals surface area contributed by atoms with Crippen LogP contribution in [0, 0.1) is 0 Å². The second-order valence-electron chi connectivity index (χ2n) is 3.72. The van der Waals surface area contributed by atoms with Gasteiger partial charge in [0.1, 0.15) is 5.82 Å². The van der Waals surface area contributed by atoms with Crippen molar-refractivity contribution in [2.45, 2.75) is 6.04 Å². The fraction of sp³-hybridized carbons (Fsp3) is 0.154. The number of pyridine rings is 1. The first-order valence-corrected chi connectivity index (χ1v) is 5.74. The Labute approximate surface area is 106 Å². The average molecular weight is 248 g/mol. The van der Waals surface area contributed by atoms with Crippen LogP contribution >= 0.6 is 11.6 Å². The van der Waals surface area contributed by atoms with E-state index in [0.29, 0.717) is 5.82 Å². The van der Waals surface area contributed by atoms with Crippen LogP contribution in [0.15, 0.2) is 42.6 Å². The molecule has 0 aliphatic rings. The number of benzene rings is 1. The lowest BCUT2D eigenvalue weighted by Crippen LogP contribution is -2.19. The minimum atomic E-state index is -0.0441. The Morgan fingerprint density at radius 3 is 2.53 bits per heavy atom. The average Bonchev–Trinajstić information content (AvgIpc) is 2.34. The van der Waals surface area contributed by atoms with Gasteiger partial charge in [0.2, 0.25) is 0 Å². The van der Waals surface area contributed by atoms with E-state index in [1.54, 1.807) is 6.20 Å². The summed E-state index contributed by atoms with van der Waals surface area (Å²) < 4.78 is 0. The van der Waals surface area contributed by atoms with Crippen molar-refractivity contribution >= 4 is 17.4 Å². The monoisotopic (exact) mass is 247 g/mol. The van der Waals surface area contributed by atoms with Gasteiger partial charge in [0.15, 0.2) is 0 Å². The number of nitrogens with zero attached hydrogens (tertiary/aromatic N) is 1. The van der Waals surface area contributed by atoms with Crippen LogP contribution in [0.25, 0.3) is 0 Å². The lowest BCUT2D eigenvalue weighted by Gasteiger charge is -2.19. The summed E-state index contributed by atoms with van der Waals surface area (Å²) in [5, 5.41) is 3.93. The van der Waals surface area contributed by atoms with Crippen LogP contribution in [0.3, 0.4) is 0 Å². The Balaban J connectivity index is 2.48. The SMILES string of the molecule is CNC(c1ccccc1Cl)c1cccnc1N. The number of nitrogen functional groups attached to an aromatic ring is 1. The largest absolute Gasteiger partial charge is 0.383 e. The van der Waals surface area contributed by atoms with E-state index < -0.39 is 0 Å². The summed E-state index contributed by atoms with van der Waals surface area (Å²) in [5.41, 5.74) is 7.82. The Kier molecular flexibility index (Phi) is 3.61. The number of nitrogens with two attached hydrogens (primary N) is 1. The van der Waals surface area contributed by atoms with Crippen molar-refractivity contribution in [3.63, 3.8) is 0 Å². The van der Waals surface area contributed by atoms with E-state index in [1.807, 2.05) is 43.4 Å². The zero-order chi connectivity index (χ0) is 12.3. The molecule has 3 N–H and O–H groups in total. The fourth-order valence-corrected chi connectivity index (χ4v) is 2.11. The highest BCUT2D eigenvalue weighted by Crippen LogP contribution is 2.29. The summed E-state index contributed by atoms with van der Waals surface area (Å²) >= 11 is 6.20. The summed E-state index contributed by atoms with van der Waals surface area (Å²) in [6, 6.07) is 11.5. The normalized spacial score (nSPS) is 12.4. The third-order valence-electron chi connectivity index (χ3n) is 2.69. The van der Waals surface area contributed by atoms with E-state index in [4.69, 9.17) is 17.3 Å². The third kappa shape index (κ3) is 2.40. The van der Waals surface area contributed by atoms with Gasteiger partial charge in [0, 0.05) is 16.8 Å². The highest BCUT2D eigenvalue weighted by Gasteiger charge is 2.17. The van der Waals surface area contributed by atoms with Gasteiger partial charge in [-0.2, -0.15) is 0 Å². The van der Waals surface area contributed by atoms with Gasteiger partial charge >= 0.3 is 0 Å². The Hall–Kier alpha value is -1.58. The Morgan fingerprint density at radius 1 is 1.18 bits per heavy atom. The molecule has 1 atom stereocenters. The second-order valence-corrected chi connectivity index (χ2v) is 4.13. The summed E-state index contributed by atoms with van der Waals surface area (Å²) in [4.78, 5) is 4.10. The quantitative estimate of drug-likeness (QED) is 0.877. The van der Waals surface area contributed by atoms with E-state index in [2.05, 4.69) is 10.3 Å². The molecule has 0 fully saturated rings.